The maximum atomic E-state index is 13.3. The minimum atomic E-state index is -0.505. The molecule has 3 unspecified atom stereocenters. The van der Waals surface area contributed by atoms with E-state index in [1.807, 2.05) is 88.7 Å². The zero-order chi connectivity index (χ0) is 54.3. The second-order valence-electron chi connectivity index (χ2n) is 21.5. The van der Waals surface area contributed by atoms with Gasteiger partial charge in [0, 0.05) is 38.3 Å². The third kappa shape index (κ3) is 11.6. The number of ether oxygens (including phenoxy) is 4. The summed E-state index contributed by atoms with van der Waals surface area (Å²) in [6, 6.07) is 32.9. The monoisotopic (exact) mass is 1050 g/mol. The number of methoxy groups -OCH3 is 4. The molecule has 3 atom stereocenters. The van der Waals surface area contributed by atoms with Crippen molar-refractivity contribution in [1.82, 2.24) is 20.6 Å². The van der Waals surface area contributed by atoms with E-state index in [-0.39, 0.29) is 45.9 Å². The molecule has 3 fully saturated rings. The average molecular weight is 1050 g/mol. The fourth-order valence-electron chi connectivity index (χ4n) is 12.5. The van der Waals surface area contributed by atoms with E-state index in [0.717, 1.165) is 145 Å². The lowest BCUT2D eigenvalue weighted by atomic mass is 9.70. The number of nitrogens with zero attached hydrogens (tertiary/aromatic N) is 2. The zero-order valence-electron chi connectivity index (χ0n) is 44.7. The van der Waals surface area contributed by atoms with Crippen molar-refractivity contribution >= 4 is 35.6 Å². The Labute approximate surface area is 450 Å². The van der Waals surface area contributed by atoms with Crippen LogP contribution in [0.3, 0.4) is 0 Å². The molecule has 15 nitrogen and oxygen atoms in total. The molecule has 3 heterocycles. The minimum Gasteiger partial charge on any atom is -0.497 e. The Morgan fingerprint density at radius 2 is 0.922 bits per heavy atom. The van der Waals surface area contributed by atoms with Crippen LogP contribution in [-0.2, 0) is 75.2 Å². The summed E-state index contributed by atoms with van der Waals surface area (Å²) in [6.07, 6.45) is 11.7. The van der Waals surface area contributed by atoms with E-state index < -0.39 is 5.91 Å². The lowest BCUT2D eigenvalue weighted by Crippen LogP contribution is -2.39. The highest BCUT2D eigenvalue weighted by Crippen LogP contribution is 2.46. The SMILES string of the molecule is COC(=O)c1ccc2c(c1)CCC1(CCN(CCc3ccc(OC)cc3)C1=O)C2.COC(=O)c1ccc2c(c1)CCC1(CCNC1=O)C2.COc1ccc(CCN2CCC3(CCc4cc(C(=O)NO)ccc4C3)C2=O)cc1. The molecule has 6 aliphatic rings. The van der Waals surface area contributed by atoms with Crippen LogP contribution in [0.15, 0.2) is 103 Å². The van der Waals surface area contributed by atoms with Gasteiger partial charge >= 0.3 is 11.9 Å². The maximum Gasteiger partial charge on any atom is 0.337 e. The van der Waals surface area contributed by atoms with Crippen molar-refractivity contribution in [2.75, 3.05) is 61.2 Å². The molecule has 3 aliphatic heterocycles. The number of aryl methyl sites for hydroxylation is 3. The van der Waals surface area contributed by atoms with E-state index in [0.29, 0.717) is 16.7 Å². The number of rotatable bonds is 11. The van der Waals surface area contributed by atoms with Crippen molar-refractivity contribution in [1.29, 1.82) is 0 Å². The fourth-order valence-corrected chi connectivity index (χ4v) is 12.5. The molecule has 15 heteroatoms. The number of nitrogens with one attached hydrogen (secondary N) is 2. The van der Waals surface area contributed by atoms with Gasteiger partial charge in [0.2, 0.25) is 17.7 Å². The molecule has 3 aliphatic carbocycles. The summed E-state index contributed by atoms with van der Waals surface area (Å²) in [7, 11) is 6.10. The Balaban J connectivity index is 0.000000144. The summed E-state index contributed by atoms with van der Waals surface area (Å²) in [5.74, 6) is 1.30. The van der Waals surface area contributed by atoms with Crippen LogP contribution in [0.5, 0.6) is 11.5 Å². The fraction of sp³-hybridized carbons (Fsp3) is 0.419. The van der Waals surface area contributed by atoms with Crippen molar-refractivity contribution in [3.63, 3.8) is 0 Å². The van der Waals surface area contributed by atoms with Gasteiger partial charge in [-0.3, -0.25) is 24.4 Å². The van der Waals surface area contributed by atoms with Crippen molar-refractivity contribution in [3.05, 3.63) is 164 Å². The highest BCUT2D eigenvalue weighted by Gasteiger charge is 2.49. The van der Waals surface area contributed by atoms with E-state index >= 15 is 0 Å². The lowest BCUT2D eigenvalue weighted by Gasteiger charge is -2.33. The number of carbonyl (C=O) groups excluding carboxylic acids is 6. The molecule has 404 valence electrons. The molecule has 0 saturated carbocycles. The largest absolute Gasteiger partial charge is 0.497 e. The number of benzene rings is 5. The summed E-state index contributed by atoms with van der Waals surface area (Å²) in [5, 5.41) is 11.8. The maximum absolute atomic E-state index is 13.3. The predicted molar refractivity (Wildman–Crippen MR) is 288 cm³/mol. The van der Waals surface area contributed by atoms with Crippen LogP contribution in [0.25, 0.3) is 0 Å². The standard InChI is InChI=1S/C24H27NO4.C23H26N2O4.C15H17NO3/c1-28-21-7-3-17(4-8-21)10-13-25-14-12-24(23(25)27)11-9-18-15-19(22(26)29-2)5-6-20(18)16-24;1-29-20-6-2-16(3-7-20)9-12-25-13-11-23(22(25)27)10-8-17-14-18(21(26)24-28)4-5-19(17)15-23;1-19-13(17)11-2-3-12-9-15(5-4-10(12)8-11)6-7-16-14(15)18/h3-8,15H,9-14,16H2,1-2H3;2-7,14,28H,8-13,15H2,1H3,(H,24,26);2-3,8H,4-7,9H2,1H3,(H,16,18). The van der Waals surface area contributed by atoms with Crippen LogP contribution in [0.1, 0.15) is 114 Å². The van der Waals surface area contributed by atoms with Gasteiger partial charge in [-0.1, -0.05) is 42.5 Å². The molecule has 77 heavy (non-hydrogen) atoms. The minimum absolute atomic E-state index is 0.190. The quantitative estimate of drug-likeness (QED) is 0.0669. The van der Waals surface area contributed by atoms with Gasteiger partial charge in [-0.2, -0.15) is 0 Å². The molecule has 0 radical (unpaired) electrons. The first-order valence-corrected chi connectivity index (χ1v) is 26.8. The molecule has 3 saturated heterocycles. The first-order valence-electron chi connectivity index (χ1n) is 26.8. The Bertz CT molecular complexity index is 2880. The van der Waals surface area contributed by atoms with Crippen LogP contribution >= 0.6 is 0 Å². The molecule has 3 N–H and O–H groups in total. The molecule has 5 aromatic rings. The second kappa shape index (κ2) is 23.4. The zero-order valence-corrected chi connectivity index (χ0v) is 44.7. The Kier molecular flexibility index (Phi) is 16.5. The molecule has 3 spiro atoms. The predicted octanol–water partition coefficient (Wildman–Crippen LogP) is 7.66. The first kappa shape index (κ1) is 54.3. The van der Waals surface area contributed by atoms with E-state index in [1.54, 1.807) is 31.8 Å². The van der Waals surface area contributed by atoms with Crippen LogP contribution in [0.2, 0.25) is 0 Å². The number of esters is 2. The molecule has 0 aromatic heterocycles. The van der Waals surface area contributed by atoms with Gasteiger partial charge in [-0.05, 0) is 195 Å². The third-order valence-electron chi connectivity index (χ3n) is 17.3. The molecule has 11 rings (SSSR count). The van der Waals surface area contributed by atoms with Crippen LogP contribution in [0, 0.1) is 16.2 Å². The first-order chi connectivity index (χ1) is 37.2. The van der Waals surface area contributed by atoms with Crippen molar-refractivity contribution < 1.29 is 52.9 Å². The number of hydrogen-bond donors (Lipinski definition) is 3. The van der Waals surface area contributed by atoms with Crippen molar-refractivity contribution in [3.8, 4) is 11.5 Å². The Hall–Kier alpha value is -7.52. The van der Waals surface area contributed by atoms with Crippen molar-refractivity contribution in [2.45, 2.75) is 89.9 Å². The van der Waals surface area contributed by atoms with Gasteiger partial charge < -0.3 is 34.1 Å². The highest BCUT2D eigenvalue weighted by atomic mass is 16.5. The van der Waals surface area contributed by atoms with Crippen molar-refractivity contribution in [2.24, 2.45) is 16.2 Å². The normalized spacial score (nSPS) is 21.7. The summed E-state index contributed by atoms with van der Waals surface area (Å²) in [5.41, 5.74) is 11.9. The number of hydroxylamine groups is 1. The second-order valence-corrected chi connectivity index (χ2v) is 21.5. The van der Waals surface area contributed by atoms with E-state index in [2.05, 4.69) is 17.4 Å². The van der Waals surface area contributed by atoms with Gasteiger partial charge in [0.25, 0.3) is 5.91 Å². The number of amides is 4. The Morgan fingerprint density at radius 1 is 0.519 bits per heavy atom. The van der Waals surface area contributed by atoms with Gasteiger partial charge in [0.05, 0.1) is 55.8 Å². The average Bonchev–Trinajstić information content (AvgIpc) is 4.11. The number of hydrogen-bond acceptors (Lipinski definition) is 11. The number of fused-ring (bicyclic) bond motifs is 3. The Morgan fingerprint density at radius 3 is 1.31 bits per heavy atom. The van der Waals surface area contributed by atoms with E-state index in [4.69, 9.17) is 24.2 Å². The van der Waals surface area contributed by atoms with Gasteiger partial charge in [-0.25, -0.2) is 15.1 Å². The van der Waals surface area contributed by atoms with E-state index in [9.17, 15) is 28.8 Å². The number of likely N-dealkylation sites (tertiary alicyclic amines) is 2. The molecule has 4 amide bonds. The molecule has 0 bridgehead atoms. The smallest absolute Gasteiger partial charge is 0.337 e. The van der Waals surface area contributed by atoms with Gasteiger partial charge in [0.15, 0.2) is 0 Å². The summed E-state index contributed by atoms with van der Waals surface area (Å²) >= 11 is 0. The summed E-state index contributed by atoms with van der Waals surface area (Å²) in [6.45, 7) is 3.89. The van der Waals surface area contributed by atoms with Crippen LogP contribution in [-0.4, -0.2) is 112 Å². The third-order valence-corrected chi connectivity index (χ3v) is 17.3. The highest BCUT2D eigenvalue weighted by molar-refractivity contribution is 5.94. The summed E-state index contributed by atoms with van der Waals surface area (Å²) in [4.78, 5) is 77.5. The number of carbonyl (C=O) groups is 6. The van der Waals surface area contributed by atoms with Gasteiger partial charge in [0.1, 0.15) is 11.5 Å². The van der Waals surface area contributed by atoms with Gasteiger partial charge in [-0.15, -0.1) is 0 Å². The summed E-state index contributed by atoms with van der Waals surface area (Å²) < 4.78 is 20.0. The van der Waals surface area contributed by atoms with E-state index in [1.165, 1.54) is 47.6 Å². The molecular weight excluding hydrogens is 977 g/mol. The lowest BCUT2D eigenvalue weighted by molar-refractivity contribution is -0.137. The topological polar surface area (TPSA) is 190 Å². The van der Waals surface area contributed by atoms with Crippen LogP contribution in [0.4, 0.5) is 0 Å². The van der Waals surface area contributed by atoms with Crippen LogP contribution < -0.4 is 20.3 Å². The molecule has 5 aromatic carbocycles. The molecular formula is C62H70N4O11.